The number of rotatable bonds is 4. The molecule has 2 rings (SSSR count). The Morgan fingerprint density at radius 2 is 1.77 bits per heavy atom. The second-order valence-electron chi connectivity index (χ2n) is 5.80. The summed E-state index contributed by atoms with van der Waals surface area (Å²) in [6.07, 6.45) is 1.70. The first-order valence-electron chi connectivity index (χ1n) is 6.80. The Kier molecular flexibility index (Phi) is 4.65. The summed E-state index contributed by atoms with van der Waals surface area (Å²) in [6, 6.07) is 5.54. The standard InChI is InChI=1S/C15H20N4O2S/c1-15(2,3)13-17-18-14(22)19(13)16-9-10-6-11(20-4)8-12(7-10)21-5/h6-9H,1-5H3,(H,18,22)/b16-9-. The topological polar surface area (TPSA) is 64.4 Å². The summed E-state index contributed by atoms with van der Waals surface area (Å²) in [5, 5.41) is 11.5. The lowest BCUT2D eigenvalue weighted by molar-refractivity contribution is 0.394. The van der Waals surface area contributed by atoms with Gasteiger partial charge < -0.3 is 9.47 Å². The van der Waals surface area contributed by atoms with Crippen LogP contribution < -0.4 is 9.47 Å². The van der Waals surface area contributed by atoms with Crippen LogP contribution in [0.3, 0.4) is 0 Å². The number of ether oxygens (including phenoxy) is 2. The Labute approximate surface area is 134 Å². The van der Waals surface area contributed by atoms with Crippen molar-refractivity contribution in [2.75, 3.05) is 14.2 Å². The number of aromatic amines is 1. The van der Waals surface area contributed by atoms with Crippen LogP contribution in [0.5, 0.6) is 11.5 Å². The summed E-state index contributed by atoms with van der Waals surface area (Å²) < 4.78 is 12.6. The van der Waals surface area contributed by atoms with E-state index in [4.69, 9.17) is 21.7 Å². The van der Waals surface area contributed by atoms with E-state index in [1.54, 1.807) is 31.2 Å². The van der Waals surface area contributed by atoms with Crippen molar-refractivity contribution in [2.24, 2.45) is 5.10 Å². The zero-order valence-corrected chi connectivity index (χ0v) is 14.2. The van der Waals surface area contributed by atoms with Gasteiger partial charge in [-0.25, -0.2) is 0 Å². The van der Waals surface area contributed by atoms with E-state index in [2.05, 4.69) is 36.1 Å². The van der Waals surface area contributed by atoms with Crippen molar-refractivity contribution in [2.45, 2.75) is 26.2 Å². The van der Waals surface area contributed by atoms with E-state index in [1.807, 2.05) is 12.1 Å². The summed E-state index contributed by atoms with van der Waals surface area (Å²) in [5.41, 5.74) is 0.677. The van der Waals surface area contributed by atoms with E-state index in [0.29, 0.717) is 16.3 Å². The highest BCUT2D eigenvalue weighted by molar-refractivity contribution is 7.71. The minimum atomic E-state index is -0.170. The molecule has 1 heterocycles. The Bertz CT molecular complexity index is 718. The fourth-order valence-electron chi connectivity index (χ4n) is 1.91. The molecular formula is C15H20N4O2S. The number of methoxy groups -OCH3 is 2. The molecule has 1 aromatic carbocycles. The average molecular weight is 320 g/mol. The van der Waals surface area contributed by atoms with Gasteiger partial charge in [-0.15, -0.1) is 0 Å². The van der Waals surface area contributed by atoms with Crippen LogP contribution in [0, 0.1) is 4.77 Å². The third kappa shape index (κ3) is 3.54. The lowest BCUT2D eigenvalue weighted by Crippen LogP contribution is -2.17. The lowest BCUT2D eigenvalue weighted by Gasteiger charge is -2.15. The van der Waals surface area contributed by atoms with Crippen molar-refractivity contribution in [3.63, 3.8) is 0 Å². The minimum Gasteiger partial charge on any atom is -0.497 e. The molecule has 0 aliphatic heterocycles. The average Bonchev–Trinajstić information content (AvgIpc) is 2.85. The molecule has 0 unspecified atom stereocenters. The van der Waals surface area contributed by atoms with Crippen LogP contribution in [0.2, 0.25) is 0 Å². The quantitative estimate of drug-likeness (QED) is 0.694. The molecule has 2 aromatic rings. The predicted molar refractivity (Wildman–Crippen MR) is 88.6 cm³/mol. The van der Waals surface area contributed by atoms with E-state index in [-0.39, 0.29) is 5.41 Å². The second kappa shape index (κ2) is 6.31. The first-order chi connectivity index (χ1) is 10.3. The van der Waals surface area contributed by atoms with E-state index in [0.717, 1.165) is 11.4 Å². The fourth-order valence-corrected chi connectivity index (χ4v) is 2.09. The third-order valence-electron chi connectivity index (χ3n) is 3.02. The first kappa shape index (κ1) is 16.2. The summed E-state index contributed by atoms with van der Waals surface area (Å²) in [4.78, 5) is 0. The highest BCUT2D eigenvalue weighted by Crippen LogP contribution is 2.22. The summed E-state index contributed by atoms with van der Waals surface area (Å²) in [7, 11) is 3.22. The van der Waals surface area contributed by atoms with Gasteiger partial charge in [0.05, 0.1) is 20.4 Å². The number of nitrogens with one attached hydrogen (secondary N) is 1. The lowest BCUT2D eigenvalue weighted by atomic mass is 9.96. The number of nitrogens with zero attached hydrogens (tertiary/aromatic N) is 3. The monoisotopic (exact) mass is 320 g/mol. The minimum absolute atomic E-state index is 0.170. The molecule has 0 radical (unpaired) electrons. The molecule has 6 nitrogen and oxygen atoms in total. The molecule has 7 heteroatoms. The number of hydrogen-bond acceptors (Lipinski definition) is 5. The molecule has 1 aromatic heterocycles. The normalized spacial score (nSPS) is 11.9. The van der Waals surface area contributed by atoms with Crippen LogP contribution >= 0.6 is 12.2 Å². The Morgan fingerprint density at radius 1 is 1.18 bits per heavy atom. The Balaban J connectivity index is 2.41. The van der Waals surface area contributed by atoms with Crippen LogP contribution in [-0.2, 0) is 5.41 Å². The molecule has 1 N–H and O–H groups in total. The van der Waals surface area contributed by atoms with Gasteiger partial charge in [0.2, 0.25) is 4.77 Å². The van der Waals surface area contributed by atoms with E-state index < -0.39 is 0 Å². The van der Waals surface area contributed by atoms with Gasteiger partial charge >= 0.3 is 0 Å². The molecule has 0 aliphatic carbocycles. The molecule has 0 fully saturated rings. The molecule has 118 valence electrons. The highest BCUT2D eigenvalue weighted by atomic mass is 32.1. The zero-order chi connectivity index (χ0) is 16.3. The summed E-state index contributed by atoms with van der Waals surface area (Å²) in [5.74, 6) is 2.17. The van der Waals surface area contributed by atoms with E-state index in [9.17, 15) is 0 Å². The number of hydrogen-bond donors (Lipinski definition) is 1. The molecule has 0 amide bonds. The van der Waals surface area contributed by atoms with E-state index in [1.165, 1.54) is 0 Å². The van der Waals surface area contributed by atoms with Crippen molar-refractivity contribution in [1.82, 2.24) is 14.9 Å². The van der Waals surface area contributed by atoms with Gasteiger partial charge in [-0.3, -0.25) is 5.10 Å². The van der Waals surface area contributed by atoms with Gasteiger partial charge in [0.1, 0.15) is 11.5 Å². The SMILES string of the molecule is COc1cc(/C=N\n2c(C(C)(C)C)n[nH]c2=S)cc(OC)c1. The van der Waals surface area contributed by atoms with Gasteiger partial charge in [-0.2, -0.15) is 14.9 Å². The number of aromatic nitrogens is 3. The summed E-state index contributed by atoms with van der Waals surface area (Å²) in [6.45, 7) is 6.16. The maximum Gasteiger partial charge on any atom is 0.216 e. The second-order valence-corrected chi connectivity index (χ2v) is 6.19. The molecule has 0 spiro atoms. The smallest absolute Gasteiger partial charge is 0.216 e. The number of benzene rings is 1. The van der Waals surface area contributed by atoms with E-state index >= 15 is 0 Å². The number of H-pyrrole nitrogens is 1. The van der Waals surface area contributed by atoms with Crippen LogP contribution in [0.25, 0.3) is 0 Å². The van der Waals surface area contributed by atoms with Gasteiger partial charge in [-0.1, -0.05) is 20.8 Å². The molecule has 0 saturated carbocycles. The van der Waals surface area contributed by atoms with Crippen LogP contribution in [0.15, 0.2) is 23.3 Å². The van der Waals surface area contributed by atoms with Crippen molar-refractivity contribution in [3.05, 3.63) is 34.4 Å². The van der Waals surface area contributed by atoms with Crippen molar-refractivity contribution in [1.29, 1.82) is 0 Å². The third-order valence-corrected chi connectivity index (χ3v) is 3.28. The van der Waals surface area contributed by atoms with Gasteiger partial charge in [0, 0.05) is 17.0 Å². The molecule has 22 heavy (non-hydrogen) atoms. The molecule has 0 aliphatic rings. The van der Waals surface area contributed by atoms with Gasteiger partial charge in [-0.05, 0) is 24.4 Å². The van der Waals surface area contributed by atoms with Gasteiger partial charge in [0.25, 0.3) is 0 Å². The van der Waals surface area contributed by atoms with Crippen molar-refractivity contribution < 1.29 is 9.47 Å². The predicted octanol–water partition coefficient (Wildman–Crippen LogP) is 3.14. The zero-order valence-electron chi connectivity index (χ0n) is 13.4. The highest BCUT2D eigenvalue weighted by Gasteiger charge is 2.21. The van der Waals surface area contributed by atoms with Crippen LogP contribution in [-0.4, -0.2) is 35.3 Å². The summed E-state index contributed by atoms with van der Waals surface area (Å²) >= 11 is 5.24. The van der Waals surface area contributed by atoms with Crippen LogP contribution in [0.4, 0.5) is 0 Å². The van der Waals surface area contributed by atoms with Crippen molar-refractivity contribution in [3.8, 4) is 11.5 Å². The molecule has 0 saturated heterocycles. The van der Waals surface area contributed by atoms with Gasteiger partial charge in [0.15, 0.2) is 5.82 Å². The maximum atomic E-state index is 5.25. The fraction of sp³-hybridized carbons (Fsp3) is 0.400. The molecule has 0 atom stereocenters. The van der Waals surface area contributed by atoms with Crippen LogP contribution in [0.1, 0.15) is 32.2 Å². The first-order valence-corrected chi connectivity index (χ1v) is 7.21. The molecular weight excluding hydrogens is 300 g/mol. The Hall–Kier alpha value is -2.15. The Morgan fingerprint density at radius 3 is 2.27 bits per heavy atom. The largest absolute Gasteiger partial charge is 0.497 e. The maximum absolute atomic E-state index is 5.25. The van der Waals surface area contributed by atoms with Crippen molar-refractivity contribution >= 4 is 18.4 Å². The molecule has 0 bridgehead atoms.